The van der Waals surface area contributed by atoms with Crippen LogP contribution >= 0.6 is 43.5 Å². The number of hydrogen-bond donors (Lipinski definition) is 0. The van der Waals surface area contributed by atoms with Crippen molar-refractivity contribution in [2.24, 2.45) is 0 Å². The molecule has 1 amide bonds. The number of benzene rings is 1. The zero-order valence-electron chi connectivity index (χ0n) is 9.13. The monoisotopic (exact) mass is 379 g/mol. The van der Waals surface area contributed by atoms with Crippen molar-refractivity contribution in [3.05, 3.63) is 33.3 Å². The standard InChI is InChI=1S/C12H12Br2ClNO/c13-8-3-5-16(6-4-8)12(17)10-2-1-9(15)7-11(10)14/h1-2,7-8H,3-6H2. The number of halogens is 3. The van der Waals surface area contributed by atoms with Gasteiger partial charge in [0.2, 0.25) is 0 Å². The van der Waals surface area contributed by atoms with Crippen LogP contribution in [0.4, 0.5) is 0 Å². The Balaban J connectivity index is 2.14. The van der Waals surface area contributed by atoms with Crippen LogP contribution in [0.1, 0.15) is 23.2 Å². The van der Waals surface area contributed by atoms with Gasteiger partial charge in [-0.1, -0.05) is 27.5 Å². The van der Waals surface area contributed by atoms with Crippen LogP contribution in [0.2, 0.25) is 5.02 Å². The predicted octanol–water partition coefficient (Wildman–Crippen LogP) is 4.10. The van der Waals surface area contributed by atoms with E-state index >= 15 is 0 Å². The summed E-state index contributed by atoms with van der Waals surface area (Å²) in [6.07, 6.45) is 2.02. The number of rotatable bonds is 1. The zero-order valence-corrected chi connectivity index (χ0v) is 13.1. The summed E-state index contributed by atoms with van der Waals surface area (Å²) in [5.74, 6) is 0.0768. The Morgan fingerprint density at radius 1 is 1.35 bits per heavy atom. The Morgan fingerprint density at radius 2 is 2.00 bits per heavy atom. The van der Waals surface area contributed by atoms with Crippen LogP contribution in [0.25, 0.3) is 0 Å². The summed E-state index contributed by atoms with van der Waals surface area (Å²) in [6, 6.07) is 5.28. The molecule has 0 N–H and O–H groups in total. The third-order valence-electron chi connectivity index (χ3n) is 2.87. The fourth-order valence-corrected chi connectivity index (χ4v) is 3.15. The zero-order chi connectivity index (χ0) is 12.4. The van der Waals surface area contributed by atoms with Crippen molar-refractivity contribution >= 4 is 49.4 Å². The molecule has 5 heteroatoms. The lowest BCUT2D eigenvalue weighted by Crippen LogP contribution is -2.38. The summed E-state index contributed by atoms with van der Waals surface area (Å²) in [4.78, 5) is 14.7. The van der Waals surface area contributed by atoms with Gasteiger partial charge in [-0.15, -0.1) is 0 Å². The summed E-state index contributed by atoms with van der Waals surface area (Å²) < 4.78 is 0.760. The molecule has 0 unspecified atom stereocenters. The summed E-state index contributed by atoms with van der Waals surface area (Å²) in [7, 11) is 0. The minimum absolute atomic E-state index is 0.0768. The molecule has 0 spiro atoms. The number of hydrogen-bond acceptors (Lipinski definition) is 1. The molecule has 1 aromatic carbocycles. The molecule has 0 radical (unpaired) electrons. The van der Waals surface area contributed by atoms with Crippen molar-refractivity contribution in [3.8, 4) is 0 Å². The summed E-state index contributed by atoms with van der Waals surface area (Å²) in [5.41, 5.74) is 0.683. The number of nitrogens with zero attached hydrogens (tertiary/aromatic N) is 1. The Kier molecular flexibility index (Phi) is 4.50. The van der Waals surface area contributed by atoms with Gasteiger partial charge in [0.15, 0.2) is 0 Å². The Hall–Kier alpha value is -0.0600. The van der Waals surface area contributed by atoms with Gasteiger partial charge in [0.25, 0.3) is 5.91 Å². The first-order chi connectivity index (χ1) is 8.08. The first-order valence-corrected chi connectivity index (χ1v) is 7.55. The van der Waals surface area contributed by atoms with Crippen LogP contribution < -0.4 is 0 Å². The molecule has 1 saturated heterocycles. The quantitative estimate of drug-likeness (QED) is 0.671. The second-order valence-corrected chi connectivity index (χ2v) is 6.68. The van der Waals surface area contributed by atoms with E-state index in [4.69, 9.17) is 11.6 Å². The Bertz CT molecular complexity index is 431. The highest BCUT2D eigenvalue weighted by Crippen LogP contribution is 2.25. The molecule has 17 heavy (non-hydrogen) atoms. The van der Waals surface area contributed by atoms with Gasteiger partial charge in [-0.2, -0.15) is 0 Å². The molecule has 0 aromatic heterocycles. The van der Waals surface area contributed by atoms with Crippen molar-refractivity contribution in [3.63, 3.8) is 0 Å². The number of alkyl halides is 1. The molecule has 1 aliphatic heterocycles. The molecule has 92 valence electrons. The first-order valence-electron chi connectivity index (χ1n) is 5.46. The van der Waals surface area contributed by atoms with E-state index in [0.29, 0.717) is 15.4 Å². The third kappa shape index (κ3) is 3.24. The largest absolute Gasteiger partial charge is 0.339 e. The highest BCUT2D eigenvalue weighted by atomic mass is 79.9. The normalized spacial score (nSPS) is 17.2. The van der Waals surface area contributed by atoms with E-state index in [0.717, 1.165) is 30.4 Å². The van der Waals surface area contributed by atoms with Gasteiger partial charge >= 0.3 is 0 Å². The molecular formula is C12H12Br2ClNO. The third-order valence-corrected chi connectivity index (χ3v) is 4.68. The lowest BCUT2D eigenvalue weighted by Gasteiger charge is -2.29. The maximum absolute atomic E-state index is 12.3. The highest BCUT2D eigenvalue weighted by molar-refractivity contribution is 9.10. The van der Waals surface area contributed by atoms with E-state index in [1.165, 1.54) is 0 Å². The summed E-state index contributed by atoms with van der Waals surface area (Å²) >= 11 is 12.8. The van der Waals surface area contributed by atoms with E-state index in [1.54, 1.807) is 18.2 Å². The van der Waals surface area contributed by atoms with Gasteiger partial charge < -0.3 is 4.90 Å². The van der Waals surface area contributed by atoms with Crippen molar-refractivity contribution in [1.82, 2.24) is 4.90 Å². The molecule has 1 aromatic rings. The maximum Gasteiger partial charge on any atom is 0.255 e. The van der Waals surface area contributed by atoms with Gasteiger partial charge in [0.05, 0.1) is 5.56 Å². The van der Waals surface area contributed by atoms with Crippen LogP contribution in [-0.4, -0.2) is 28.7 Å². The summed E-state index contributed by atoms with van der Waals surface area (Å²) in [5, 5.41) is 0.632. The number of piperidine rings is 1. The van der Waals surface area contributed by atoms with E-state index in [-0.39, 0.29) is 5.91 Å². The molecule has 2 rings (SSSR count). The molecule has 1 aliphatic rings. The number of amides is 1. The van der Waals surface area contributed by atoms with E-state index in [1.807, 2.05) is 4.90 Å². The van der Waals surface area contributed by atoms with Crippen molar-refractivity contribution < 1.29 is 4.79 Å². The summed E-state index contributed by atoms with van der Waals surface area (Å²) in [6.45, 7) is 1.62. The van der Waals surface area contributed by atoms with Crippen molar-refractivity contribution in [1.29, 1.82) is 0 Å². The van der Waals surface area contributed by atoms with Crippen LogP contribution in [0, 0.1) is 0 Å². The van der Waals surface area contributed by atoms with Crippen molar-refractivity contribution in [2.75, 3.05) is 13.1 Å². The van der Waals surface area contributed by atoms with Gasteiger partial charge in [0.1, 0.15) is 0 Å². The Morgan fingerprint density at radius 3 is 2.59 bits per heavy atom. The van der Waals surface area contributed by atoms with Gasteiger partial charge in [0, 0.05) is 27.4 Å². The molecule has 0 atom stereocenters. The number of carbonyl (C=O) groups excluding carboxylic acids is 1. The fraction of sp³-hybridized carbons (Fsp3) is 0.417. The van der Waals surface area contributed by atoms with Crippen LogP contribution in [0.5, 0.6) is 0 Å². The van der Waals surface area contributed by atoms with E-state index in [9.17, 15) is 4.79 Å². The van der Waals surface area contributed by atoms with Gasteiger partial charge in [-0.25, -0.2) is 0 Å². The number of carbonyl (C=O) groups is 1. The van der Waals surface area contributed by atoms with Crippen LogP contribution in [0.15, 0.2) is 22.7 Å². The smallest absolute Gasteiger partial charge is 0.255 e. The van der Waals surface area contributed by atoms with Gasteiger partial charge in [-0.3, -0.25) is 4.79 Å². The highest BCUT2D eigenvalue weighted by Gasteiger charge is 2.23. The first kappa shape index (κ1) is 13.4. The lowest BCUT2D eigenvalue weighted by molar-refractivity contribution is 0.0727. The average Bonchev–Trinajstić information content (AvgIpc) is 2.29. The number of likely N-dealkylation sites (tertiary alicyclic amines) is 1. The topological polar surface area (TPSA) is 20.3 Å². The maximum atomic E-state index is 12.3. The van der Waals surface area contributed by atoms with E-state index in [2.05, 4.69) is 31.9 Å². The minimum Gasteiger partial charge on any atom is -0.339 e. The fourth-order valence-electron chi connectivity index (χ4n) is 1.88. The molecule has 1 heterocycles. The van der Waals surface area contributed by atoms with E-state index < -0.39 is 0 Å². The van der Waals surface area contributed by atoms with Gasteiger partial charge in [-0.05, 0) is 47.0 Å². The lowest BCUT2D eigenvalue weighted by atomic mass is 10.1. The van der Waals surface area contributed by atoms with Crippen molar-refractivity contribution in [2.45, 2.75) is 17.7 Å². The molecule has 0 saturated carbocycles. The average molecular weight is 381 g/mol. The molecule has 1 fully saturated rings. The van der Waals surface area contributed by atoms with Crippen LogP contribution in [-0.2, 0) is 0 Å². The Labute approximate surface area is 123 Å². The molecule has 0 aliphatic carbocycles. The second-order valence-electron chi connectivity index (χ2n) is 4.09. The molecular weight excluding hydrogens is 369 g/mol. The molecule has 2 nitrogen and oxygen atoms in total. The SMILES string of the molecule is O=C(c1ccc(Cl)cc1Br)N1CCC(Br)CC1. The van der Waals surface area contributed by atoms with Crippen LogP contribution in [0.3, 0.4) is 0 Å². The predicted molar refractivity (Wildman–Crippen MR) is 77.0 cm³/mol. The second kappa shape index (κ2) is 5.72. The minimum atomic E-state index is 0.0768. The molecule has 0 bridgehead atoms.